The Morgan fingerprint density at radius 1 is 0.871 bits per heavy atom. The Bertz CT molecular complexity index is 869. The summed E-state index contributed by atoms with van der Waals surface area (Å²) in [5.41, 5.74) is 2.65. The van der Waals surface area contributed by atoms with E-state index in [1.54, 1.807) is 23.9 Å². The van der Waals surface area contributed by atoms with Crippen LogP contribution in [0.1, 0.15) is 11.1 Å². The summed E-state index contributed by atoms with van der Waals surface area (Å²) >= 11 is 1.77. The van der Waals surface area contributed by atoms with Crippen LogP contribution in [-0.4, -0.2) is 69.3 Å². The van der Waals surface area contributed by atoms with Gasteiger partial charge in [-0.25, -0.2) is 9.59 Å². The first-order chi connectivity index (χ1) is 14.8. The number of aliphatic carboxylic acids is 2. The van der Waals surface area contributed by atoms with Gasteiger partial charge in [-0.2, -0.15) is 0 Å². The lowest BCUT2D eigenvalue weighted by Crippen LogP contribution is -2.45. The molecule has 31 heavy (non-hydrogen) atoms. The van der Waals surface area contributed by atoms with Crippen LogP contribution >= 0.6 is 11.8 Å². The molecule has 2 N–H and O–H groups in total. The van der Waals surface area contributed by atoms with Crippen LogP contribution in [0.25, 0.3) is 0 Å². The maximum Gasteiger partial charge on any atom is 0.414 e. The van der Waals surface area contributed by atoms with Crippen molar-refractivity contribution in [2.24, 2.45) is 0 Å². The molecule has 3 rings (SSSR count). The Balaban J connectivity index is 0.000000501. The molecule has 0 aliphatic carbocycles. The largest absolute Gasteiger partial charge is 0.473 e. The molecule has 166 valence electrons. The van der Waals surface area contributed by atoms with E-state index < -0.39 is 11.9 Å². The van der Waals surface area contributed by atoms with Crippen LogP contribution in [0.5, 0.6) is 0 Å². The van der Waals surface area contributed by atoms with Gasteiger partial charge in [0, 0.05) is 56.3 Å². The molecule has 2 aromatic rings. The molecular weight excluding hydrogens is 422 g/mol. The molecule has 9 nitrogen and oxygen atoms in total. The number of carboxylic acid groups (broad SMARTS) is 2. The SMILES string of the molecule is CSc1ccc(CN2CCN(Cc3ccc([N+](=O)[O-])cc3)CC2)cc1.O=C(O)C(=O)O. The lowest BCUT2D eigenvalue weighted by Gasteiger charge is -2.34. The molecule has 0 aromatic heterocycles. The van der Waals surface area contributed by atoms with Crippen LogP contribution in [0, 0.1) is 10.1 Å². The number of piperazine rings is 1. The molecule has 0 atom stereocenters. The highest BCUT2D eigenvalue weighted by atomic mass is 32.2. The van der Waals surface area contributed by atoms with E-state index in [1.165, 1.54) is 10.5 Å². The highest BCUT2D eigenvalue weighted by Gasteiger charge is 2.17. The third-order valence-electron chi connectivity index (χ3n) is 4.77. The van der Waals surface area contributed by atoms with Crippen LogP contribution in [0.2, 0.25) is 0 Å². The monoisotopic (exact) mass is 447 g/mol. The number of non-ortho nitro benzene ring substituents is 1. The van der Waals surface area contributed by atoms with E-state index in [-0.39, 0.29) is 10.6 Å². The molecule has 1 aliphatic heterocycles. The van der Waals surface area contributed by atoms with Gasteiger partial charge in [-0.1, -0.05) is 24.3 Å². The van der Waals surface area contributed by atoms with E-state index in [0.29, 0.717) is 0 Å². The quantitative estimate of drug-likeness (QED) is 0.298. The first kappa shape index (κ1) is 24.3. The number of nitrogens with zero attached hydrogens (tertiary/aromatic N) is 3. The summed E-state index contributed by atoms with van der Waals surface area (Å²) in [5.74, 6) is -3.65. The number of benzene rings is 2. The highest BCUT2D eigenvalue weighted by molar-refractivity contribution is 7.98. The average molecular weight is 448 g/mol. The zero-order chi connectivity index (χ0) is 22.8. The number of carboxylic acids is 2. The first-order valence-electron chi connectivity index (χ1n) is 9.55. The molecule has 0 unspecified atom stereocenters. The Morgan fingerprint density at radius 2 is 1.26 bits per heavy atom. The summed E-state index contributed by atoms with van der Waals surface area (Å²) in [6.45, 7) is 6.02. The standard InChI is InChI=1S/C19H23N3O2S.C2H2O4/c1-25-19-8-4-17(5-9-19)15-21-12-10-20(11-13-21)14-16-2-6-18(7-3-16)22(23)24;3-1(4)2(5)6/h2-9H,10-15H2,1H3;(H,3,4)(H,5,6). The Morgan fingerprint density at radius 3 is 1.58 bits per heavy atom. The van der Waals surface area contributed by atoms with Gasteiger partial charge in [-0.3, -0.25) is 19.9 Å². The summed E-state index contributed by atoms with van der Waals surface area (Å²) < 4.78 is 0. The minimum Gasteiger partial charge on any atom is -0.473 e. The zero-order valence-electron chi connectivity index (χ0n) is 17.1. The second kappa shape index (κ2) is 12.0. The fraction of sp³-hybridized carbons (Fsp3) is 0.333. The summed E-state index contributed by atoms with van der Waals surface area (Å²) in [7, 11) is 0. The number of hydrogen-bond donors (Lipinski definition) is 2. The maximum absolute atomic E-state index is 10.7. The van der Waals surface area contributed by atoms with Gasteiger partial charge in [-0.15, -0.1) is 11.8 Å². The molecule has 1 heterocycles. The molecule has 0 saturated carbocycles. The van der Waals surface area contributed by atoms with E-state index >= 15 is 0 Å². The van der Waals surface area contributed by atoms with Crippen molar-refractivity contribution in [3.63, 3.8) is 0 Å². The molecule has 1 aliphatic rings. The van der Waals surface area contributed by atoms with Gasteiger partial charge in [-0.05, 0) is 29.5 Å². The van der Waals surface area contributed by atoms with Crippen molar-refractivity contribution in [3.8, 4) is 0 Å². The van der Waals surface area contributed by atoms with Gasteiger partial charge in [0.1, 0.15) is 0 Å². The minimum absolute atomic E-state index is 0.154. The Kier molecular flexibility index (Phi) is 9.44. The topological polar surface area (TPSA) is 124 Å². The van der Waals surface area contributed by atoms with Crippen molar-refractivity contribution < 1.29 is 24.7 Å². The van der Waals surface area contributed by atoms with Crippen molar-refractivity contribution in [3.05, 3.63) is 69.8 Å². The number of rotatable bonds is 6. The van der Waals surface area contributed by atoms with Crippen molar-refractivity contribution in [1.82, 2.24) is 9.80 Å². The summed E-state index contributed by atoms with van der Waals surface area (Å²) in [6, 6.07) is 15.7. The minimum atomic E-state index is -1.82. The number of nitro benzene ring substituents is 1. The van der Waals surface area contributed by atoms with Gasteiger partial charge in [0.05, 0.1) is 4.92 Å². The van der Waals surface area contributed by atoms with Gasteiger partial charge in [0.25, 0.3) is 5.69 Å². The van der Waals surface area contributed by atoms with Gasteiger partial charge in [0.2, 0.25) is 0 Å². The molecule has 0 radical (unpaired) electrons. The molecule has 0 spiro atoms. The maximum atomic E-state index is 10.7. The number of carbonyl (C=O) groups is 2. The van der Waals surface area contributed by atoms with E-state index in [2.05, 4.69) is 40.3 Å². The zero-order valence-corrected chi connectivity index (χ0v) is 18.0. The molecule has 1 saturated heterocycles. The molecule has 0 bridgehead atoms. The normalized spacial score (nSPS) is 14.4. The Labute approximate surface area is 184 Å². The fourth-order valence-corrected chi connectivity index (χ4v) is 3.48. The van der Waals surface area contributed by atoms with Crippen LogP contribution in [0.15, 0.2) is 53.4 Å². The van der Waals surface area contributed by atoms with E-state index in [4.69, 9.17) is 19.8 Å². The third kappa shape index (κ3) is 8.36. The second-order valence-electron chi connectivity index (χ2n) is 6.93. The van der Waals surface area contributed by atoms with Crippen molar-refractivity contribution >= 4 is 29.4 Å². The van der Waals surface area contributed by atoms with Crippen LogP contribution < -0.4 is 0 Å². The number of hydrogen-bond acceptors (Lipinski definition) is 7. The lowest BCUT2D eigenvalue weighted by molar-refractivity contribution is -0.384. The second-order valence-corrected chi connectivity index (χ2v) is 7.81. The number of thioether (sulfide) groups is 1. The summed E-state index contributed by atoms with van der Waals surface area (Å²) in [4.78, 5) is 34.8. The molecule has 2 aromatic carbocycles. The third-order valence-corrected chi connectivity index (χ3v) is 5.51. The van der Waals surface area contributed by atoms with Gasteiger partial charge < -0.3 is 10.2 Å². The van der Waals surface area contributed by atoms with Gasteiger partial charge >= 0.3 is 11.9 Å². The molecule has 1 fully saturated rings. The van der Waals surface area contributed by atoms with E-state index in [9.17, 15) is 10.1 Å². The van der Waals surface area contributed by atoms with Crippen molar-refractivity contribution in [2.45, 2.75) is 18.0 Å². The predicted octanol–water partition coefficient (Wildman–Crippen LogP) is 2.79. The van der Waals surface area contributed by atoms with Crippen molar-refractivity contribution in [2.75, 3.05) is 32.4 Å². The number of nitro groups is 1. The summed E-state index contributed by atoms with van der Waals surface area (Å²) in [6.07, 6.45) is 2.10. The molecule has 10 heteroatoms. The van der Waals surface area contributed by atoms with Crippen LogP contribution in [-0.2, 0) is 22.7 Å². The van der Waals surface area contributed by atoms with E-state index in [1.807, 2.05) is 12.1 Å². The molecular formula is C21H25N3O6S. The molecule has 0 amide bonds. The highest BCUT2D eigenvalue weighted by Crippen LogP contribution is 2.17. The van der Waals surface area contributed by atoms with Crippen molar-refractivity contribution in [1.29, 1.82) is 0 Å². The van der Waals surface area contributed by atoms with E-state index in [0.717, 1.165) is 44.8 Å². The fourth-order valence-electron chi connectivity index (χ4n) is 3.08. The Hall–Kier alpha value is -2.95. The van der Waals surface area contributed by atoms with Crippen LogP contribution in [0.3, 0.4) is 0 Å². The lowest BCUT2D eigenvalue weighted by atomic mass is 10.1. The van der Waals surface area contributed by atoms with Gasteiger partial charge in [0.15, 0.2) is 0 Å². The smallest absolute Gasteiger partial charge is 0.414 e. The predicted molar refractivity (Wildman–Crippen MR) is 117 cm³/mol. The first-order valence-corrected chi connectivity index (χ1v) is 10.8. The average Bonchev–Trinajstić information content (AvgIpc) is 2.76. The summed E-state index contributed by atoms with van der Waals surface area (Å²) in [5, 5.41) is 25.5. The van der Waals surface area contributed by atoms with Crippen LogP contribution in [0.4, 0.5) is 5.69 Å².